The molecule has 3 aliphatic heterocycles. The van der Waals surface area contributed by atoms with Crippen LogP contribution in [0.1, 0.15) is 63.4 Å². The Bertz CT molecular complexity index is 1370. The number of allylic oxidation sites excluding steroid dienone is 1. The maximum absolute atomic E-state index is 11.6. The van der Waals surface area contributed by atoms with Gasteiger partial charge in [-0.2, -0.15) is 0 Å². The molecule has 2 spiro atoms. The summed E-state index contributed by atoms with van der Waals surface area (Å²) in [6, 6.07) is 8.98. The first kappa shape index (κ1) is 23.8. The van der Waals surface area contributed by atoms with Crippen molar-refractivity contribution in [2.45, 2.75) is 93.3 Å². The molecule has 1 aromatic carbocycles. The van der Waals surface area contributed by atoms with Crippen molar-refractivity contribution < 1.29 is 14.9 Å². The number of nitrogens with two attached hydrogens (primary N) is 1. The van der Waals surface area contributed by atoms with E-state index in [1.807, 2.05) is 18.5 Å². The second kappa shape index (κ2) is 7.98. The van der Waals surface area contributed by atoms with E-state index in [0.29, 0.717) is 6.42 Å². The zero-order valence-corrected chi connectivity index (χ0v) is 22.2. The molecule has 6 aliphatic rings. The van der Waals surface area contributed by atoms with E-state index in [9.17, 15) is 10.2 Å². The SMILES string of the molecule is C[C@]12CC=C3C=C4C[C@H](O)[C@@H](N5CC[C@@H](N)C5)C[C@]45CCC3(O5)[C@@H]1C[C@@H](O)C2c1ccc2ccncc2c1. The summed E-state index contributed by atoms with van der Waals surface area (Å²) in [7, 11) is 0. The van der Waals surface area contributed by atoms with E-state index in [4.69, 9.17) is 10.5 Å². The largest absolute Gasteiger partial charge is 0.392 e. The molecule has 9 atom stereocenters. The van der Waals surface area contributed by atoms with Crippen molar-refractivity contribution in [2.24, 2.45) is 17.1 Å². The minimum atomic E-state index is -0.404. The highest BCUT2D eigenvalue weighted by atomic mass is 16.5. The number of aliphatic hydroxyl groups excluding tert-OH is 2. The molecular formula is C32H39N3O3. The van der Waals surface area contributed by atoms with Gasteiger partial charge in [0.15, 0.2) is 0 Å². The van der Waals surface area contributed by atoms with Crippen molar-refractivity contribution >= 4 is 10.8 Å². The van der Waals surface area contributed by atoms with Crippen LogP contribution in [0.3, 0.4) is 0 Å². The van der Waals surface area contributed by atoms with E-state index in [1.54, 1.807) is 0 Å². The molecule has 0 radical (unpaired) electrons. The van der Waals surface area contributed by atoms with Crippen LogP contribution < -0.4 is 5.73 Å². The zero-order valence-electron chi connectivity index (χ0n) is 22.2. The molecule has 4 fully saturated rings. The summed E-state index contributed by atoms with van der Waals surface area (Å²) in [6.45, 7) is 4.22. The fourth-order valence-corrected chi connectivity index (χ4v) is 9.76. The third-order valence-electron chi connectivity index (χ3n) is 11.5. The molecule has 38 heavy (non-hydrogen) atoms. The zero-order chi connectivity index (χ0) is 25.9. The summed E-state index contributed by atoms with van der Waals surface area (Å²) in [5, 5.41) is 25.1. The van der Waals surface area contributed by atoms with Crippen LogP contribution in [0.15, 0.2) is 60.0 Å². The number of fused-ring (bicyclic) bond motifs is 2. The van der Waals surface area contributed by atoms with Crippen LogP contribution in [0, 0.1) is 11.3 Å². The molecule has 2 saturated heterocycles. The van der Waals surface area contributed by atoms with Crippen LogP contribution in [-0.2, 0) is 4.74 Å². The molecule has 6 nitrogen and oxygen atoms in total. The third-order valence-corrected chi connectivity index (χ3v) is 11.5. The number of rotatable bonds is 2. The lowest BCUT2D eigenvalue weighted by molar-refractivity contribution is -0.150. The number of ether oxygens (including phenoxy) is 1. The minimum absolute atomic E-state index is 0.0572. The summed E-state index contributed by atoms with van der Waals surface area (Å²) < 4.78 is 7.40. The molecule has 0 amide bonds. The van der Waals surface area contributed by atoms with E-state index in [-0.39, 0.29) is 46.6 Å². The molecule has 6 heteroatoms. The maximum atomic E-state index is 11.6. The molecular weight excluding hydrogens is 474 g/mol. The Balaban J connectivity index is 1.16. The van der Waals surface area contributed by atoms with Crippen molar-refractivity contribution in [3.63, 3.8) is 0 Å². The number of pyridine rings is 1. The van der Waals surface area contributed by atoms with Crippen molar-refractivity contribution in [2.75, 3.05) is 13.1 Å². The van der Waals surface area contributed by atoms with Gasteiger partial charge in [0.25, 0.3) is 0 Å². The predicted octanol–water partition coefficient (Wildman–Crippen LogP) is 3.82. The van der Waals surface area contributed by atoms with E-state index < -0.39 is 6.10 Å². The highest BCUT2D eigenvalue weighted by molar-refractivity contribution is 5.82. The summed E-state index contributed by atoms with van der Waals surface area (Å²) in [4.78, 5) is 6.75. The van der Waals surface area contributed by atoms with Gasteiger partial charge in [0.1, 0.15) is 0 Å². The Kier molecular flexibility index (Phi) is 4.99. The smallest absolute Gasteiger partial charge is 0.0975 e. The molecule has 1 aromatic heterocycles. The first-order valence-electron chi connectivity index (χ1n) is 14.6. The van der Waals surface area contributed by atoms with Gasteiger partial charge < -0.3 is 20.7 Å². The number of aliphatic hydroxyl groups is 2. The Morgan fingerprint density at radius 2 is 2.03 bits per heavy atom. The van der Waals surface area contributed by atoms with E-state index in [2.05, 4.69) is 47.2 Å². The van der Waals surface area contributed by atoms with E-state index in [1.165, 1.54) is 22.1 Å². The van der Waals surface area contributed by atoms with Gasteiger partial charge >= 0.3 is 0 Å². The van der Waals surface area contributed by atoms with Crippen molar-refractivity contribution in [3.05, 3.63) is 65.5 Å². The lowest BCUT2D eigenvalue weighted by Gasteiger charge is -2.55. The van der Waals surface area contributed by atoms with E-state index >= 15 is 0 Å². The van der Waals surface area contributed by atoms with Gasteiger partial charge in [-0.05, 0) is 84.6 Å². The van der Waals surface area contributed by atoms with Crippen molar-refractivity contribution in [1.29, 1.82) is 0 Å². The average Bonchev–Trinajstić information content (AvgIpc) is 3.56. The minimum Gasteiger partial charge on any atom is -0.392 e. The second-order valence-corrected chi connectivity index (χ2v) is 13.4. The molecule has 2 aromatic rings. The number of hydrogen-bond donors (Lipinski definition) is 3. The van der Waals surface area contributed by atoms with Gasteiger partial charge in [-0.1, -0.05) is 31.2 Å². The maximum Gasteiger partial charge on any atom is 0.0975 e. The fourth-order valence-electron chi connectivity index (χ4n) is 9.76. The summed E-state index contributed by atoms with van der Waals surface area (Å²) >= 11 is 0. The standard InChI is InChI=1S/C32H39N3O3/c1-30-7-4-22-13-23-14-26(36)25(35-11-6-24(33)18-35)16-31(23)8-9-32(22,38-31)28(30)15-27(37)29(30)20-3-2-19-5-10-34-17-21(19)12-20/h2-5,10,12-13,17,24-29,36-37H,6-9,11,14-16,18,33H2,1H3/t24-,25+,26+,27-,28-,29?,30+,31-,32?/m1/s1. The molecule has 4 N–H and O–H groups in total. The Morgan fingerprint density at radius 3 is 2.87 bits per heavy atom. The number of benzene rings is 1. The number of nitrogens with zero attached hydrogens (tertiary/aromatic N) is 2. The highest BCUT2D eigenvalue weighted by Crippen LogP contribution is 2.69. The molecule has 2 unspecified atom stereocenters. The van der Waals surface area contributed by atoms with Crippen LogP contribution in [-0.4, -0.2) is 68.7 Å². The summed E-state index contributed by atoms with van der Waals surface area (Å²) in [5.74, 6) is 0.309. The molecule has 2 bridgehead atoms. The lowest BCUT2D eigenvalue weighted by Crippen LogP contribution is -2.58. The molecule has 200 valence electrons. The normalized spacial score (nSPS) is 45.9. The van der Waals surface area contributed by atoms with Crippen molar-refractivity contribution in [3.8, 4) is 0 Å². The van der Waals surface area contributed by atoms with Crippen LogP contribution in [0.5, 0.6) is 0 Å². The number of hydrogen-bond acceptors (Lipinski definition) is 6. The van der Waals surface area contributed by atoms with Crippen LogP contribution in [0.4, 0.5) is 0 Å². The van der Waals surface area contributed by atoms with Crippen LogP contribution >= 0.6 is 0 Å². The fraction of sp³-hybridized carbons (Fsp3) is 0.594. The van der Waals surface area contributed by atoms with Gasteiger partial charge in [-0.3, -0.25) is 9.88 Å². The average molecular weight is 514 g/mol. The Morgan fingerprint density at radius 1 is 1.13 bits per heavy atom. The number of likely N-dealkylation sites (tertiary alicyclic amines) is 1. The van der Waals surface area contributed by atoms with Gasteiger partial charge in [-0.25, -0.2) is 0 Å². The molecule has 8 rings (SSSR count). The first-order chi connectivity index (χ1) is 18.3. The highest BCUT2D eigenvalue weighted by Gasteiger charge is 2.68. The number of aromatic nitrogens is 1. The van der Waals surface area contributed by atoms with Gasteiger partial charge in [0.05, 0.1) is 23.4 Å². The third kappa shape index (κ3) is 3.10. The topological polar surface area (TPSA) is 91.8 Å². The first-order valence-corrected chi connectivity index (χ1v) is 14.6. The monoisotopic (exact) mass is 513 g/mol. The summed E-state index contributed by atoms with van der Waals surface area (Å²) in [5.41, 5.74) is 9.30. The Labute approximate surface area is 224 Å². The Hall–Kier alpha value is -2.09. The van der Waals surface area contributed by atoms with Gasteiger partial charge in [-0.15, -0.1) is 0 Å². The molecule has 3 aliphatic carbocycles. The second-order valence-electron chi connectivity index (χ2n) is 13.4. The van der Waals surface area contributed by atoms with Crippen LogP contribution in [0.2, 0.25) is 0 Å². The summed E-state index contributed by atoms with van der Waals surface area (Å²) in [6.07, 6.45) is 14.0. The van der Waals surface area contributed by atoms with Crippen molar-refractivity contribution in [1.82, 2.24) is 9.88 Å². The van der Waals surface area contributed by atoms with Gasteiger partial charge in [0.2, 0.25) is 0 Å². The molecule has 2 saturated carbocycles. The predicted molar refractivity (Wildman–Crippen MR) is 146 cm³/mol. The van der Waals surface area contributed by atoms with Gasteiger partial charge in [0, 0.05) is 54.8 Å². The van der Waals surface area contributed by atoms with E-state index in [0.717, 1.165) is 57.0 Å². The molecule has 4 heterocycles. The quantitative estimate of drug-likeness (QED) is 0.566. The lowest BCUT2D eigenvalue weighted by atomic mass is 9.58. The van der Waals surface area contributed by atoms with Crippen LogP contribution in [0.25, 0.3) is 10.8 Å².